The van der Waals surface area contributed by atoms with Gasteiger partial charge in [-0.2, -0.15) is 0 Å². The van der Waals surface area contributed by atoms with Crippen LogP contribution in [0.2, 0.25) is 0 Å². The van der Waals surface area contributed by atoms with Gasteiger partial charge in [-0.1, -0.05) is 0 Å². The summed E-state index contributed by atoms with van der Waals surface area (Å²) in [7, 11) is -2.54. The van der Waals surface area contributed by atoms with Gasteiger partial charge in [0.05, 0.1) is 29.1 Å². The lowest BCUT2D eigenvalue weighted by Gasteiger charge is -2.20. The number of sulfonamides is 1. The van der Waals surface area contributed by atoms with E-state index in [-0.39, 0.29) is 29.0 Å². The summed E-state index contributed by atoms with van der Waals surface area (Å²) in [4.78, 5) is 22.7. The van der Waals surface area contributed by atoms with Crippen LogP contribution < -0.4 is 24.8 Å². The molecule has 2 aromatic carbocycles. The third kappa shape index (κ3) is 4.01. The minimum atomic E-state index is -3.96. The molecular weight excluding hydrogens is 386 g/mol. The fourth-order valence-corrected chi connectivity index (χ4v) is 4.06. The Hall–Kier alpha value is -3.27. The van der Waals surface area contributed by atoms with Gasteiger partial charge in [0.15, 0.2) is 6.61 Å². The molecule has 9 nitrogen and oxygen atoms in total. The largest absolute Gasteiger partial charge is 0.494 e. The number of hydrogen-bond acceptors (Lipinski definition) is 6. The van der Waals surface area contributed by atoms with E-state index in [9.17, 15) is 18.0 Å². The Morgan fingerprint density at radius 3 is 2.68 bits per heavy atom. The Morgan fingerprint density at radius 1 is 1.25 bits per heavy atom. The van der Waals surface area contributed by atoms with Crippen LogP contribution in [0.25, 0.3) is 0 Å². The molecule has 3 rings (SSSR count). The van der Waals surface area contributed by atoms with Crippen LogP contribution in [-0.4, -0.2) is 33.9 Å². The van der Waals surface area contributed by atoms with Crippen LogP contribution in [0, 0.1) is 6.92 Å². The molecule has 0 aromatic heterocycles. The van der Waals surface area contributed by atoms with Gasteiger partial charge < -0.3 is 20.1 Å². The summed E-state index contributed by atoms with van der Waals surface area (Å²) in [5, 5.41) is 5.19. The van der Waals surface area contributed by atoms with Gasteiger partial charge in [-0.05, 0) is 36.8 Å². The van der Waals surface area contributed by atoms with Crippen molar-refractivity contribution < 1.29 is 27.5 Å². The molecule has 2 amide bonds. The maximum absolute atomic E-state index is 12.9. The second-order valence-corrected chi connectivity index (χ2v) is 7.80. The van der Waals surface area contributed by atoms with Crippen molar-refractivity contribution >= 4 is 38.9 Å². The number of hydrogen-bond donors (Lipinski definition) is 3. The van der Waals surface area contributed by atoms with Crippen LogP contribution >= 0.6 is 0 Å². The van der Waals surface area contributed by atoms with Gasteiger partial charge in [-0.25, -0.2) is 8.42 Å². The van der Waals surface area contributed by atoms with E-state index in [1.54, 1.807) is 13.0 Å². The summed E-state index contributed by atoms with van der Waals surface area (Å²) in [5.41, 5.74) is 1.43. The van der Waals surface area contributed by atoms with Crippen LogP contribution in [0.1, 0.15) is 12.5 Å². The van der Waals surface area contributed by atoms with Gasteiger partial charge in [-0.3, -0.25) is 14.3 Å². The first-order chi connectivity index (χ1) is 13.2. The molecule has 1 aliphatic heterocycles. The molecular formula is C18H19N3O6S. The molecule has 148 valence electrons. The van der Waals surface area contributed by atoms with E-state index in [2.05, 4.69) is 15.4 Å². The number of anilines is 3. The topological polar surface area (TPSA) is 123 Å². The van der Waals surface area contributed by atoms with Crippen LogP contribution in [-0.2, 0) is 19.6 Å². The molecule has 1 heterocycles. The highest BCUT2D eigenvalue weighted by Gasteiger charge is 2.24. The monoisotopic (exact) mass is 405 g/mol. The number of fused-ring (bicyclic) bond motifs is 1. The molecule has 0 radical (unpaired) electrons. The Kier molecular flexibility index (Phi) is 5.14. The number of ether oxygens (including phenoxy) is 2. The van der Waals surface area contributed by atoms with Crippen LogP contribution in [0.3, 0.4) is 0 Å². The molecule has 28 heavy (non-hydrogen) atoms. The van der Waals surface area contributed by atoms with E-state index in [1.165, 1.54) is 38.3 Å². The van der Waals surface area contributed by atoms with Gasteiger partial charge in [0.2, 0.25) is 5.91 Å². The van der Waals surface area contributed by atoms with Gasteiger partial charge in [-0.15, -0.1) is 0 Å². The molecule has 0 spiro atoms. The molecule has 0 saturated heterocycles. The van der Waals surface area contributed by atoms with Crippen LogP contribution in [0.4, 0.5) is 17.1 Å². The third-order valence-corrected chi connectivity index (χ3v) is 5.49. The van der Waals surface area contributed by atoms with E-state index in [1.807, 2.05) is 0 Å². The number of rotatable bonds is 5. The number of carbonyl (C=O) groups is 2. The number of methoxy groups -OCH3 is 1. The summed E-state index contributed by atoms with van der Waals surface area (Å²) in [6.07, 6.45) is 0. The van der Waals surface area contributed by atoms with E-state index >= 15 is 0 Å². The normalized spacial score (nSPS) is 13.0. The van der Waals surface area contributed by atoms with Crippen molar-refractivity contribution in [2.45, 2.75) is 18.7 Å². The van der Waals surface area contributed by atoms with Crippen molar-refractivity contribution in [3.05, 3.63) is 35.9 Å². The molecule has 0 unspecified atom stereocenters. The Balaban J connectivity index is 1.93. The molecule has 1 aliphatic rings. The number of benzene rings is 2. The van der Waals surface area contributed by atoms with Crippen molar-refractivity contribution in [2.75, 3.05) is 29.1 Å². The highest BCUT2D eigenvalue weighted by atomic mass is 32.2. The molecule has 0 aliphatic carbocycles. The van der Waals surface area contributed by atoms with Crippen molar-refractivity contribution in [3.63, 3.8) is 0 Å². The van der Waals surface area contributed by atoms with Crippen LogP contribution in [0.5, 0.6) is 11.5 Å². The lowest BCUT2D eigenvalue weighted by Crippen LogP contribution is -2.26. The summed E-state index contributed by atoms with van der Waals surface area (Å²) in [6.45, 7) is 2.88. The number of amides is 2. The summed E-state index contributed by atoms with van der Waals surface area (Å²) < 4.78 is 38.7. The summed E-state index contributed by atoms with van der Waals surface area (Å²) in [5.74, 6) is 0.0853. The Bertz CT molecular complexity index is 1070. The van der Waals surface area contributed by atoms with E-state index in [4.69, 9.17) is 9.47 Å². The number of carbonyl (C=O) groups excluding carboxylic acids is 2. The molecule has 3 N–H and O–H groups in total. The van der Waals surface area contributed by atoms with Crippen molar-refractivity contribution in [2.24, 2.45) is 0 Å². The lowest BCUT2D eigenvalue weighted by molar-refractivity contribution is -0.118. The van der Waals surface area contributed by atoms with Crippen molar-refractivity contribution in [3.8, 4) is 11.5 Å². The fourth-order valence-electron chi connectivity index (χ4n) is 2.76. The third-order valence-electron chi connectivity index (χ3n) is 3.96. The van der Waals surface area contributed by atoms with Gasteiger partial charge in [0.25, 0.3) is 15.9 Å². The summed E-state index contributed by atoms with van der Waals surface area (Å²) in [6, 6.07) is 7.41. The highest BCUT2D eigenvalue weighted by Crippen LogP contribution is 2.34. The zero-order valence-electron chi connectivity index (χ0n) is 15.5. The predicted octanol–water partition coefficient (Wildman–Crippen LogP) is 2.09. The maximum atomic E-state index is 12.9. The second-order valence-electron chi connectivity index (χ2n) is 6.15. The Morgan fingerprint density at radius 2 is 2.00 bits per heavy atom. The SMILES string of the molecule is COc1cc(NS(=O)(=O)c2cc3c(cc2C)OCC(=O)N3)ccc1NC(C)=O. The van der Waals surface area contributed by atoms with Gasteiger partial charge in [0.1, 0.15) is 11.5 Å². The lowest BCUT2D eigenvalue weighted by atomic mass is 10.2. The molecule has 0 atom stereocenters. The van der Waals surface area contributed by atoms with Crippen LogP contribution in [0.15, 0.2) is 35.2 Å². The first-order valence-electron chi connectivity index (χ1n) is 8.25. The summed E-state index contributed by atoms with van der Waals surface area (Å²) >= 11 is 0. The average molecular weight is 405 g/mol. The van der Waals surface area contributed by atoms with Gasteiger partial charge in [0, 0.05) is 13.0 Å². The Labute approximate surface area is 162 Å². The smallest absolute Gasteiger partial charge is 0.262 e. The quantitative estimate of drug-likeness (QED) is 0.700. The molecule has 10 heteroatoms. The van der Waals surface area contributed by atoms with E-state index in [0.29, 0.717) is 28.4 Å². The number of aryl methyl sites for hydroxylation is 1. The van der Waals surface area contributed by atoms with Gasteiger partial charge >= 0.3 is 0 Å². The molecule has 2 aromatic rings. The van der Waals surface area contributed by atoms with Crippen molar-refractivity contribution in [1.29, 1.82) is 0 Å². The predicted molar refractivity (Wildman–Crippen MR) is 103 cm³/mol. The fraction of sp³-hybridized carbons (Fsp3) is 0.222. The second kappa shape index (κ2) is 7.39. The minimum Gasteiger partial charge on any atom is -0.494 e. The minimum absolute atomic E-state index is 0.00181. The number of nitrogens with one attached hydrogen (secondary N) is 3. The highest BCUT2D eigenvalue weighted by molar-refractivity contribution is 7.92. The first kappa shape index (κ1) is 19.5. The zero-order chi connectivity index (χ0) is 20.5. The van der Waals surface area contributed by atoms with E-state index in [0.717, 1.165) is 0 Å². The van der Waals surface area contributed by atoms with E-state index < -0.39 is 10.0 Å². The molecule has 0 bridgehead atoms. The first-order valence-corrected chi connectivity index (χ1v) is 9.73. The molecule has 0 saturated carbocycles. The molecule has 0 fully saturated rings. The maximum Gasteiger partial charge on any atom is 0.262 e. The average Bonchev–Trinajstić information content (AvgIpc) is 2.62. The standard InChI is InChI=1S/C18H19N3O6S/c1-10-6-16-14(20-18(23)9-27-16)8-17(10)28(24,25)21-12-4-5-13(19-11(2)22)15(7-12)26-3/h4-8,21H,9H2,1-3H3,(H,19,22)(H,20,23). The zero-order valence-corrected chi connectivity index (χ0v) is 16.3. The van der Waals surface area contributed by atoms with Crippen molar-refractivity contribution in [1.82, 2.24) is 0 Å².